The third kappa shape index (κ3) is 2.24. The maximum atomic E-state index is 5.94. The molecule has 5 nitrogen and oxygen atoms in total. The average Bonchev–Trinajstić information content (AvgIpc) is 2.80. The van der Waals surface area contributed by atoms with Crippen LogP contribution in [0.5, 0.6) is 11.6 Å². The summed E-state index contributed by atoms with van der Waals surface area (Å²) in [5.74, 6) is 1.65. The van der Waals surface area contributed by atoms with E-state index in [1.807, 2.05) is 26.0 Å². The molecule has 0 spiro atoms. The third-order valence-corrected chi connectivity index (χ3v) is 2.93. The van der Waals surface area contributed by atoms with E-state index in [1.165, 1.54) is 16.4 Å². The fourth-order valence-corrected chi connectivity index (χ4v) is 2.03. The van der Waals surface area contributed by atoms with Crippen LogP contribution in [0.4, 0.5) is 0 Å². The highest BCUT2D eigenvalue weighted by atomic mass is 35.5. The van der Waals surface area contributed by atoms with Crippen LogP contribution in [0.15, 0.2) is 30.6 Å². The maximum absolute atomic E-state index is 5.94. The van der Waals surface area contributed by atoms with Crippen molar-refractivity contribution < 1.29 is 4.74 Å². The van der Waals surface area contributed by atoms with Crippen LogP contribution in [0.3, 0.4) is 0 Å². The lowest BCUT2D eigenvalue weighted by atomic mass is 10.1. The zero-order chi connectivity index (χ0) is 13.4. The number of benzene rings is 1. The molecule has 0 aliphatic carbocycles. The second-order valence-electron chi connectivity index (χ2n) is 4.26. The highest BCUT2D eigenvalue weighted by Crippen LogP contribution is 2.26. The molecule has 3 rings (SSSR count). The van der Waals surface area contributed by atoms with Crippen molar-refractivity contribution in [1.29, 1.82) is 0 Å². The van der Waals surface area contributed by atoms with E-state index in [0.717, 1.165) is 11.3 Å². The second kappa shape index (κ2) is 4.51. The Morgan fingerprint density at radius 1 is 1.21 bits per heavy atom. The van der Waals surface area contributed by atoms with Crippen molar-refractivity contribution in [2.24, 2.45) is 0 Å². The van der Waals surface area contributed by atoms with Crippen LogP contribution < -0.4 is 4.74 Å². The van der Waals surface area contributed by atoms with Crippen molar-refractivity contribution in [2.45, 2.75) is 13.8 Å². The number of hydrogen-bond donors (Lipinski definition) is 0. The number of rotatable bonds is 2. The van der Waals surface area contributed by atoms with Gasteiger partial charge in [-0.05, 0) is 25.5 Å². The molecule has 0 N–H and O–H groups in total. The number of hydrogen-bond acceptors (Lipinski definition) is 4. The summed E-state index contributed by atoms with van der Waals surface area (Å²) in [6.07, 6.45) is 1.41. The summed E-state index contributed by atoms with van der Waals surface area (Å²) in [5, 5.41) is 4.38. The predicted molar refractivity (Wildman–Crippen MR) is 71.8 cm³/mol. The summed E-state index contributed by atoms with van der Waals surface area (Å²) < 4.78 is 7.36. The number of fused-ring (bicyclic) bond motifs is 1. The first kappa shape index (κ1) is 11.9. The van der Waals surface area contributed by atoms with E-state index in [-0.39, 0.29) is 0 Å². The van der Waals surface area contributed by atoms with Crippen molar-refractivity contribution in [2.75, 3.05) is 0 Å². The molecule has 6 heteroatoms. The minimum atomic E-state index is 0.320. The fourth-order valence-electron chi connectivity index (χ4n) is 1.86. The first-order valence-corrected chi connectivity index (χ1v) is 6.13. The van der Waals surface area contributed by atoms with Gasteiger partial charge in [0.15, 0.2) is 0 Å². The molecule has 0 aliphatic heterocycles. The molecule has 3 aromatic rings. The molecule has 0 unspecified atom stereocenters. The molecule has 0 bridgehead atoms. The first-order valence-electron chi connectivity index (χ1n) is 5.75. The Bertz CT molecular complexity index is 753. The number of aryl methyl sites for hydroxylation is 2. The minimum absolute atomic E-state index is 0.320. The van der Waals surface area contributed by atoms with Crippen molar-refractivity contribution in [3.8, 4) is 11.6 Å². The molecule has 0 atom stereocenters. The van der Waals surface area contributed by atoms with Gasteiger partial charge in [0.05, 0.1) is 0 Å². The van der Waals surface area contributed by atoms with Gasteiger partial charge in [-0.25, -0.2) is 0 Å². The summed E-state index contributed by atoms with van der Waals surface area (Å²) in [5.41, 5.74) is 2.23. The summed E-state index contributed by atoms with van der Waals surface area (Å²) in [6.45, 7) is 4.03. The molecule has 1 aromatic carbocycles. The molecule has 96 valence electrons. The van der Waals surface area contributed by atoms with Gasteiger partial charge in [-0.15, -0.1) is 0 Å². The zero-order valence-electron chi connectivity index (χ0n) is 10.5. The quantitative estimate of drug-likeness (QED) is 0.674. The summed E-state index contributed by atoms with van der Waals surface area (Å²) in [7, 11) is 0. The summed E-state index contributed by atoms with van der Waals surface area (Å²) >= 11 is 5.94. The van der Waals surface area contributed by atoms with E-state index in [9.17, 15) is 0 Å². The average molecular weight is 275 g/mol. The summed E-state index contributed by atoms with van der Waals surface area (Å²) in [6, 6.07) is 7.57. The van der Waals surface area contributed by atoms with Crippen LogP contribution >= 0.6 is 11.6 Å². The third-order valence-electron chi connectivity index (χ3n) is 2.73. The van der Waals surface area contributed by atoms with Gasteiger partial charge in [0, 0.05) is 6.07 Å². The lowest BCUT2D eigenvalue weighted by Crippen LogP contribution is -1.99. The van der Waals surface area contributed by atoms with E-state index >= 15 is 0 Å². The van der Waals surface area contributed by atoms with Crippen molar-refractivity contribution in [1.82, 2.24) is 19.6 Å². The highest BCUT2D eigenvalue weighted by Gasteiger charge is 2.09. The van der Waals surface area contributed by atoms with Gasteiger partial charge in [0.2, 0.25) is 5.88 Å². The van der Waals surface area contributed by atoms with Crippen molar-refractivity contribution >= 4 is 17.4 Å². The molecule has 0 radical (unpaired) electrons. The molecule has 2 heterocycles. The van der Waals surface area contributed by atoms with Gasteiger partial charge in [0.25, 0.3) is 5.78 Å². The highest BCUT2D eigenvalue weighted by molar-refractivity contribution is 6.29. The molecule has 0 saturated carbocycles. The van der Waals surface area contributed by atoms with Crippen molar-refractivity contribution in [3.63, 3.8) is 0 Å². The van der Waals surface area contributed by atoms with E-state index in [1.54, 1.807) is 6.07 Å². The van der Waals surface area contributed by atoms with E-state index in [2.05, 4.69) is 21.1 Å². The van der Waals surface area contributed by atoms with Crippen LogP contribution in [0.2, 0.25) is 5.15 Å². The van der Waals surface area contributed by atoms with Crippen LogP contribution in [0.25, 0.3) is 5.78 Å². The Kier molecular flexibility index (Phi) is 2.83. The van der Waals surface area contributed by atoms with E-state index in [4.69, 9.17) is 16.3 Å². The first-order chi connectivity index (χ1) is 9.13. The molecular weight excluding hydrogens is 264 g/mol. The van der Waals surface area contributed by atoms with Crippen LogP contribution in [-0.2, 0) is 0 Å². The van der Waals surface area contributed by atoms with Gasteiger partial charge in [-0.3, -0.25) is 0 Å². The smallest absolute Gasteiger partial charge is 0.256 e. The van der Waals surface area contributed by atoms with Crippen LogP contribution in [0.1, 0.15) is 11.1 Å². The topological polar surface area (TPSA) is 52.3 Å². The Morgan fingerprint density at radius 2 is 2.05 bits per heavy atom. The fraction of sp³-hybridized carbons (Fsp3) is 0.154. The molecule has 0 aliphatic rings. The number of halogens is 1. The van der Waals surface area contributed by atoms with Gasteiger partial charge in [-0.2, -0.15) is 19.6 Å². The molecule has 2 aromatic heterocycles. The Hall–Kier alpha value is -2.14. The van der Waals surface area contributed by atoms with E-state index in [0.29, 0.717) is 16.8 Å². The van der Waals surface area contributed by atoms with Gasteiger partial charge in [0.1, 0.15) is 17.2 Å². The molecule has 0 amide bonds. The maximum Gasteiger partial charge on any atom is 0.256 e. The SMILES string of the molecule is Cc1ccc(Oc2cc(Cl)nc3ncnn23)c(C)c1. The molecule has 19 heavy (non-hydrogen) atoms. The Balaban J connectivity index is 2.07. The van der Waals surface area contributed by atoms with Gasteiger partial charge >= 0.3 is 0 Å². The molecular formula is C13H11ClN4O. The molecule has 0 saturated heterocycles. The minimum Gasteiger partial charge on any atom is -0.438 e. The number of nitrogens with zero attached hydrogens (tertiary/aromatic N) is 4. The van der Waals surface area contributed by atoms with Gasteiger partial charge < -0.3 is 4.74 Å². The Morgan fingerprint density at radius 3 is 2.84 bits per heavy atom. The monoisotopic (exact) mass is 274 g/mol. The zero-order valence-corrected chi connectivity index (χ0v) is 11.2. The van der Waals surface area contributed by atoms with Gasteiger partial charge in [-0.1, -0.05) is 29.3 Å². The molecule has 0 fully saturated rings. The summed E-state index contributed by atoms with van der Waals surface area (Å²) in [4.78, 5) is 8.04. The second-order valence-corrected chi connectivity index (χ2v) is 4.65. The normalized spacial score (nSPS) is 10.9. The lowest BCUT2D eigenvalue weighted by molar-refractivity contribution is 0.443. The standard InChI is InChI=1S/C13H11ClN4O/c1-8-3-4-10(9(2)5-8)19-12-6-11(14)17-13-15-7-16-18(12)13/h3-7H,1-2H3. The number of aromatic nitrogens is 4. The van der Waals surface area contributed by atoms with Crippen molar-refractivity contribution in [3.05, 3.63) is 46.9 Å². The van der Waals surface area contributed by atoms with Crippen LogP contribution in [-0.4, -0.2) is 19.6 Å². The van der Waals surface area contributed by atoms with Crippen LogP contribution in [0, 0.1) is 13.8 Å². The van der Waals surface area contributed by atoms with E-state index < -0.39 is 0 Å². The Labute approximate surface area is 114 Å². The largest absolute Gasteiger partial charge is 0.438 e. The lowest BCUT2D eigenvalue weighted by Gasteiger charge is -2.10. The number of ether oxygens (including phenoxy) is 1. The predicted octanol–water partition coefficient (Wildman–Crippen LogP) is 3.19.